The molecule has 0 spiro atoms. The molecule has 2 bridgehead atoms. The Morgan fingerprint density at radius 2 is 1.62 bits per heavy atom. The molecule has 2 aliphatic rings. The predicted molar refractivity (Wildman–Crippen MR) is 137 cm³/mol. The third kappa shape index (κ3) is 4.66. The van der Waals surface area contributed by atoms with E-state index in [9.17, 15) is 18.0 Å². The lowest BCUT2D eigenvalue weighted by Gasteiger charge is -2.46. The summed E-state index contributed by atoms with van der Waals surface area (Å²) in [4.78, 5) is 32.2. The van der Waals surface area contributed by atoms with Crippen LogP contribution in [0.4, 0.5) is 19.0 Å². The van der Waals surface area contributed by atoms with Gasteiger partial charge in [-0.25, -0.2) is 9.97 Å². The number of likely N-dealkylation sites (tertiary alicyclic amines) is 1. The van der Waals surface area contributed by atoms with Gasteiger partial charge in [0, 0.05) is 26.2 Å². The monoisotopic (exact) mass is 523 g/mol. The van der Waals surface area contributed by atoms with Crippen molar-refractivity contribution in [2.45, 2.75) is 19.5 Å². The van der Waals surface area contributed by atoms with Crippen LogP contribution in [0.15, 0.2) is 54.7 Å². The third-order valence-corrected chi connectivity index (χ3v) is 8.06. The second-order valence-electron chi connectivity index (χ2n) is 9.79. The van der Waals surface area contributed by atoms with Crippen LogP contribution >= 0.6 is 11.3 Å². The van der Waals surface area contributed by atoms with Crippen LogP contribution in [0.25, 0.3) is 21.5 Å². The molecule has 0 saturated carbocycles. The number of amides is 1. The average molecular weight is 524 g/mol. The van der Waals surface area contributed by atoms with Crippen molar-refractivity contribution in [2.24, 2.45) is 11.8 Å². The molecule has 1 amide bonds. The molecule has 190 valence electrons. The number of carbonyl (C=O) groups is 1. The molecule has 6 rings (SSSR count). The maximum Gasteiger partial charge on any atom is 0.416 e. The smallest absolute Gasteiger partial charge is 0.355 e. The van der Waals surface area contributed by atoms with Gasteiger partial charge in [-0.2, -0.15) is 13.2 Å². The summed E-state index contributed by atoms with van der Waals surface area (Å²) in [6.45, 7) is 4.60. The van der Waals surface area contributed by atoms with Crippen molar-refractivity contribution in [1.82, 2.24) is 19.9 Å². The van der Waals surface area contributed by atoms with Gasteiger partial charge in [0.2, 0.25) is 0 Å². The number of piperidine rings is 2. The van der Waals surface area contributed by atoms with E-state index in [0.717, 1.165) is 48.5 Å². The Balaban J connectivity index is 1.20. The number of hydrogen-bond acceptors (Lipinski definition) is 6. The molecule has 4 aromatic rings. The minimum atomic E-state index is -4.40. The number of para-hydroxylation sites is 2. The van der Waals surface area contributed by atoms with Gasteiger partial charge in [-0.3, -0.25) is 9.78 Å². The molecule has 0 aliphatic carbocycles. The molecule has 37 heavy (non-hydrogen) atoms. The van der Waals surface area contributed by atoms with Gasteiger partial charge in [-0.1, -0.05) is 24.3 Å². The van der Waals surface area contributed by atoms with Gasteiger partial charge < -0.3 is 9.80 Å². The Morgan fingerprint density at radius 3 is 2.30 bits per heavy atom. The fraction of sp³-hybridized carbons (Fsp3) is 0.333. The number of alkyl halides is 3. The highest BCUT2D eigenvalue weighted by Crippen LogP contribution is 2.36. The molecule has 10 heteroatoms. The largest absolute Gasteiger partial charge is 0.416 e. The number of aryl methyl sites for hydroxylation is 1. The first-order valence-corrected chi connectivity index (χ1v) is 13.0. The van der Waals surface area contributed by atoms with Crippen LogP contribution in [0, 0.1) is 18.8 Å². The summed E-state index contributed by atoms with van der Waals surface area (Å²) in [5, 5.41) is 0.705. The Hall–Kier alpha value is -3.53. The zero-order valence-electron chi connectivity index (χ0n) is 20.1. The first kappa shape index (κ1) is 23.8. The molecule has 2 unspecified atom stereocenters. The number of carbonyl (C=O) groups excluding carboxylic acids is 1. The zero-order valence-corrected chi connectivity index (χ0v) is 20.9. The number of fused-ring (bicyclic) bond motifs is 3. The Kier molecular flexibility index (Phi) is 5.86. The predicted octanol–water partition coefficient (Wildman–Crippen LogP) is 5.68. The van der Waals surface area contributed by atoms with Crippen LogP contribution in [-0.4, -0.2) is 51.9 Å². The molecule has 2 fully saturated rings. The van der Waals surface area contributed by atoms with E-state index >= 15 is 0 Å². The quantitative estimate of drug-likeness (QED) is 0.346. The SMILES string of the molecule is Cc1nc(C(=O)N2CC3CC(C2)CN(c2cnc4ccccc4n2)C3)c(-c2ccc(C(F)(F)F)cc2)s1. The fourth-order valence-electron chi connectivity index (χ4n) is 5.46. The summed E-state index contributed by atoms with van der Waals surface area (Å²) in [5.41, 5.74) is 1.90. The normalized spacial score (nSPS) is 19.9. The molecule has 2 saturated heterocycles. The summed E-state index contributed by atoms with van der Waals surface area (Å²) in [6.07, 6.45) is -1.54. The van der Waals surface area contributed by atoms with Crippen LogP contribution in [0.1, 0.15) is 27.5 Å². The lowest BCUT2D eigenvalue weighted by molar-refractivity contribution is -0.137. The fourth-order valence-corrected chi connectivity index (χ4v) is 6.38. The molecule has 6 nitrogen and oxygen atoms in total. The first-order chi connectivity index (χ1) is 17.7. The van der Waals surface area contributed by atoms with E-state index in [-0.39, 0.29) is 5.91 Å². The van der Waals surface area contributed by atoms with Crippen molar-refractivity contribution in [2.75, 3.05) is 31.1 Å². The van der Waals surface area contributed by atoms with Gasteiger partial charge in [-0.05, 0) is 55.0 Å². The molecule has 2 atom stereocenters. The molecule has 2 aliphatic heterocycles. The summed E-state index contributed by atoms with van der Waals surface area (Å²) in [7, 11) is 0. The highest BCUT2D eigenvalue weighted by atomic mass is 32.1. The number of thiazole rings is 1. The van der Waals surface area contributed by atoms with Crippen molar-refractivity contribution in [3.8, 4) is 10.4 Å². The van der Waals surface area contributed by atoms with E-state index in [0.29, 0.717) is 46.1 Å². The minimum absolute atomic E-state index is 0.159. The second-order valence-corrected chi connectivity index (χ2v) is 11.0. The molecule has 2 aromatic carbocycles. The van der Waals surface area contributed by atoms with E-state index in [2.05, 4.69) is 14.9 Å². The summed E-state index contributed by atoms with van der Waals surface area (Å²) in [5.74, 6) is 1.28. The maximum absolute atomic E-state index is 13.6. The van der Waals surface area contributed by atoms with Crippen LogP contribution in [0.2, 0.25) is 0 Å². The van der Waals surface area contributed by atoms with E-state index in [1.807, 2.05) is 42.3 Å². The van der Waals surface area contributed by atoms with Crippen molar-refractivity contribution in [3.05, 3.63) is 71.0 Å². The topological polar surface area (TPSA) is 62.2 Å². The molecular weight excluding hydrogens is 499 g/mol. The molecular formula is C27H24F3N5OS. The van der Waals surface area contributed by atoms with E-state index < -0.39 is 11.7 Å². The van der Waals surface area contributed by atoms with E-state index in [1.54, 1.807) is 0 Å². The Morgan fingerprint density at radius 1 is 0.946 bits per heavy atom. The zero-order chi connectivity index (χ0) is 25.7. The minimum Gasteiger partial charge on any atom is -0.355 e. The molecule has 4 heterocycles. The second kappa shape index (κ2) is 9.09. The maximum atomic E-state index is 13.6. The van der Waals surface area contributed by atoms with Crippen LogP contribution in [0.3, 0.4) is 0 Å². The van der Waals surface area contributed by atoms with Crippen LogP contribution < -0.4 is 4.90 Å². The van der Waals surface area contributed by atoms with Gasteiger partial charge in [0.1, 0.15) is 11.5 Å². The van der Waals surface area contributed by atoms with Crippen molar-refractivity contribution >= 4 is 34.1 Å². The molecule has 0 N–H and O–H groups in total. The van der Waals surface area contributed by atoms with E-state index in [4.69, 9.17) is 4.98 Å². The lowest BCUT2D eigenvalue weighted by Crippen LogP contribution is -2.54. The van der Waals surface area contributed by atoms with Crippen LogP contribution in [-0.2, 0) is 6.18 Å². The standard InChI is InChI=1S/C27H24F3N5OS/c1-16-32-24(25(37-16)19-6-8-20(9-7-19)27(28,29)30)26(36)35-14-17-10-18(15-35)13-34(12-17)23-11-31-21-4-2-3-5-22(21)33-23/h2-9,11,17-18H,10,12-15H2,1H3. The number of rotatable bonds is 3. The molecule has 2 aromatic heterocycles. The Bertz CT molecular complexity index is 1460. The number of anilines is 1. The number of benzene rings is 2. The summed E-state index contributed by atoms with van der Waals surface area (Å²) < 4.78 is 39.0. The first-order valence-electron chi connectivity index (χ1n) is 12.2. The molecule has 0 radical (unpaired) electrons. The van der Waals surface area contributed by atoms with E-state index in [1.165, 1.54) is 23.5 Å². The number of halogens is 3. The number of hydrogen-bond donors (Lipinski definition) is 0. The summed E-state index contributed by atoms with van der Waals surface area (Å²) in [6, 6.07) is 12.7. The lowest BCUT2D eigenvalue weighted by atomic mass is 9.84. The van der Waals surface area contributed by atoms with Gasteiger partial charge in [0.15, 0.2) is 0 Å². The Labute approximate surface area is 215 Å². The van der Waals surface area contributed by atoms with Gasteiger partial charge in [0.05, 0.1) is 32.7 Å². The van der Waals surface area contributed by atoms with Crippen LogP contribution in [0.5, 0.6) is 0 Å². The van der Waals surface area contributed by atoms with Crippen molar-refractivity contribution in [1.29, 1.82) is 0 Å². The van der Waals surface area contributed by atoms with Gasteiger partial charge in [-0.15, -0.1) is 11.3 Å². The van der Waals surface area contributed by atoms with Gasteiger partial charge in [0.25, 0.3) is 5.91 Å². The van der Waals surface area contributed by atoms with Gasteiger partial charge >= 0.3 is 6.18 Å². The highest BCUT2D eigenvalue weighted by molar-refractivity contribution is 7.15. The third-order valence-electron chi connectivity index (χ3n) is 7.04. The van der Waals surface area contributed by atoms with Crippen molar-refractivity contribution in [3.63, 3.8) is 0 Å². The average Bonchev–Trinajstić information content (AvgIpc) is 3.28. The number of nitrogens with zero attached hydrogens (tertiary/aromatic N) is 5. The summed E-state index contributed by atoms with van der Waals surface area (Å²) >= 11 is 1.33. The number of aromatic nitrogens is 3. The van der Waals surface area contributed by atoms with Crippen molar-refractivity contribution < 1.29 is 18.0 Å². The highest BCUT2D eigenvalue weighted by Gasteiger charge is 2.38.